The SMILES string of the molecule is CCCCCCCCCCC(CCCCCCCCC(O)CCCC)S(=O)(=O)[O-].[Na+]. The fourth-order valence-electron chi connectivity index (χ4n) is 3.98. The van der Waals surface area contributed by atoms with Crippen molar-refractivity contribution in [1.82, 2.24) is 0 Å². The molecule has 0 aliphatic carbocycles. The molecule has 0 aliphatic heterocycles. The number of aliphatic hydroxyl groups excluding tert-OH is 1. The molecule has 0 spiro atoms. The molecule has 0 aromatic carbocycles. The largest absolute Gasteiger partial charge is 1.00 e. The molecule has 2 atom stereocenters. The third-order valence-electron chi connectivity index (χ3n) is 5.99. The van der Waals surface area contributed by atoms with Gasteiger partial charge in [0.1, 0.15) is 0 Å². The van der Waals surface area contributed by atoms with Crippen molar-refractivity contribution in [2.24, 2.45) is 0 Å². The third-order valence-corrected chi connectivity index (χ3v) is 7.28. The van der Waals surface area contributed by atoms with E-state index >= 15 is 0 Å². The van der Waals surface area contributed by atoms with Gasteiger partial charge in [0, 0.05) is 5.25 Å². The number of aliphatic hydroxyl groups is 1. The summed E-state index contributed by atoms with van der Waals surface area (Å²) in [5.74, 6) is 0. The van der Waals surface area contributed by atoms with Crippen LogP contribution in [0.2, 0.25) is 0 Å². The molecule has 0 saturated heterocycles. The molecule has 0 fully saturated rings. The predicted molar refractivity (Wildman–Crippen MR) is 123 cm³/mol. The molecule has 0 radical (unpaired) electrons. The van der Waals surface area contributed by atoms with E-state index in [4.69, 9.17) is 0 Å². The summed E-state index contributed by atoms with van der Waals surface area (Å²) in [6.07, 6.45) is 20.6. The topological polar surface area (TPSA) is 77.4 Å². The Morgan fingerprint density at radius 1 is 0.600 bits per heavy atom. The Morgan fingerprint density at radius 3 is 1.33 bits per heavy atom. The van der Waals surface area contributed by atoms with E-state index < -0.39 is 15.4 Å². The Labute approximate surface area is 210 Å². The van der Waals surface area contributed by atoms with Gasteiger partial charge in [0.15, 0.2) is 0 Å². The van der Waals surface area contributed by atoms with Crippen LogP contribution in [0.3, 0.4) is 0 Å². The normalized spacial score (nSPS) is 13.7. The zero-order valence-electron chi connectivity index (χ0n) is 20.4. The molecular formula is C24H49NaO4S. The summed E-state index contributed by atoms with van der Waals surface area (Å²) in [6.45, 7) is 4.36. The molecule has 0 aromatic heterocycles. The van der Waals surface area contributed by atoms with Gasteiger partial charge in [0.2, 0.25) is 0 Å². The van der Waals surface area contributed by atoms with Crippen molar-refractivity contribution in [3.8, 4) is 0 Å². The molecule has 2 unspecified atom stereocenters. The number of hydrogen-bond donors (Lipinski definition) is 1. The van der Waals surface area contributed by atoms with Crippen LogP contribution in [0, 0.1) is 0 Å². The van der Waals surface area contributed by atoms with Crippen LogP contribution < -0.4 is 29.6 Å². The van der Waals surface area contributed by atoms with Gasteiger partial charge in [-0.05, 0) is 25.7 Å². The molecular weight excluding hydrogens is 407 g/mol. The van der Waals surface area contributed by atoms with Gasteiger partial charge < -0.3 is 9.66 Å². The van der Waals surface area contributed by atoms with E-state index in [1.54, 1.807) is 0 Å². The van der Waals surface area contributed by atoms with Crippen molar-refractivity contribution in [3.63, 3.8) is 0 Å². The summed E-state index contributed by atoms with van der Waals surface area (Å²) in [5.41, 5.74) is 0. The Kier molecular flexibility index (Phi) is 25.4. The summed E-state index contributed by atoms with van der Waals surface area (Å²) < 4.78 is 34.6. The van der Waals surface area contributed by atoms with Crippen molar-refractivity contribution < 1.29 is 47.6 Å². The zero-order valence-corrected chi connectivity index (χ0v) is 23.2. The molecule has 1 N–H and O–H groups in total. The van der Waals surface area contributed by atoms with Gasteiger partial charge >= 0.3 is 29.6 Å². The van der Waals surface area contributed by atoms with Gasteiger partial charge in [-0.15, -0.1) is 0 Å². The van der Waals surface area contributed by atoms with E-state index in [1.807, 2.05) is 0 Å². The van der Waals surface area contributed by atoms with Crippen LogP contribution in [0.25, 0.3) is 0 Å². The molecule has 0 amide bonds. The minimum Gasteiger partial charge on any atom is -0.748 e. The molecule has 30 heavy (non-hydrogen) atoms. The average Bonchev–Trinajstić information content (AvgIpc) is 2.67. The van der Waals surface area contributed by atoms with Gasteiger partial charge in [0.25, 0.3) is 0 Å². The standard InChI is InChI=1S/C24H50O4S.Na/c1-3-5-7-8-9-10-14-17-21-24(29(26,27)28)22-18-15-12-11-13-16-20-23(25)19-6-4-2;/h23-25H,3-22H2,1-2H3,(H,26,27,28);/q;+1/p-1. The molecule has 0 rings (SSSR count). The second-order valence-electron chi connectivity index (χ2n) is 8.87. The maximum atomic E-state index is 11.5. The Hall–Kier alpha value is 0.870. The Morgan fingerprint density at radius 2 is 0.933 bits per heavy atom. The fraction of sp³-hybridized carbons (Fsp3) is 1.00. The molecule has 0 heterocycles. The van der Waals surface area contributed by atoms with E-state index in [9.17, 15) is 18.1 Å². The van der Waals surface area contributed by atoms with E-state index in [1.165, 1.54) is 32.1 Å². The van der Waals surface area contributed by atoms with Crippen LogP contribution in [-0.2, 0) is 10.1 Å². The number of rotatable bonds is 22. The molecule has 0 aromatic rings. The van der Waals surface area contributed by atoms with Crippen LogP contribution in [0.15, 0.2) is 0 Å². The van der Waals surface area contributed by atoms with Crippen molar-refractivity contribution in [3.05, 3.63) is 0 Å². The van der Waals surface area contributed by atoms with Crippen molar-refractivity contribution in [1.29, 1.82) is 0 Å². The first-order chi connectivity index (χ1) is 13.9. The summed E-state index contributed by atoms with van der Waals surface area (Å²) in [5, 5.41) is 9.14. The molecule has 0 aliphatic rings. The van der Waals surface area contributed by atoms with Gasteiger partial charge in [-0.2, -0.15) is 0 Å². The van der Waals surface area contributed by atoms with E-state index in [2.05, 4.69) is 13.8 Å². The summed E-state index contributed by atoms with van der Waals surface area (Å²) in [4.78, 5) is 0. The second kappa shape index (κ2) is 23.0. The Bertz CT molecular complexity index is 442. The van der Waals surface area contributed by atoms with E-state index in [0.29, 0.717) is 12.8 Å². The second-order valence-corrected chi connectivity index (χ2v) is 10.5. The van der Waals surface area contributed by atoms with Gasteiger partial charge in [-0.25, -0.2) is 8.42 Å². The number of unbranched alkanes of at least 4 members (excludes halogenated alkanes) is 13. The van der Waals surface area contributed by atoms with E-state index in [0.717, 1.165) is 83.5 Å². The molecule has 4 nitrogen and oxygen atoms in total. The van der Waals surface area contributed by atoms with E-state index in [-0.39, 0.29) is 35.7 Å². The monoisotopic (exact) mass is 456 g/mol. The third kappa shape index (κ3) is 22.1. The fourth-order valence-corrected chi connectivity index (χ4v) is 4.89. The van der Waals surface area contributed by atoms with Crippen molar-refractivity contribution in [2.45, 2.75) is 154 Å². The van der Waals surface area contributed by atoms with Crippen LogP contribution in [0.1, 0.15) is 142 Å². The zero-order chi connectivity index (χ0) is 21.8. The van der Waals surface area contributed by atoms with Crippen LogP contribution in [0.4, 0.5) is 0 Å². The average molecular weight is 457 g/mol. The Balaban J connectivity index is 0. The summed E-state index contributed by atoms with van der Waals surface area (Å²) in [7, 11) is -4.17. The van der Waals surface area contributed by atoms with Crippen molar-refractivity contribution >= 4 is 10.1 Å². The number of hydrogen-bond acceptors (Lipinski definition) is 4. The van der Waals surface area contributed by atoms with Crippen molar-refractivity contribution in [2.75, 3.05) is 0 Å². The summed E-state index contributed by atoms with van der Waals surface area (Å²) in [6, 6.07) is 0. The first-order valence-corrected chi connectivity index (χ1v) is 14.0. The minimum atomic E-state index is -4.17. The quantitative estimate of drug-likeness (QED) is 0.151. The maximum Gasteiger partial charge on any atom is 1.00 e. The molecule has 0 bridgehead atoms. The molecule has 176 valence electrons. The minimum absolute atomic E-state index is 0. The van der Waals surface area contributed by atoms with Gasteiger partial charge in [0.05, 0.1) is 16.2 Å². The van der Waals surface area contributed by atoms with Crippen LogP contribution in [0.5, 0.6) is 0 Å². The first kappa shape index (κ1) is 33.0. The molecule has 6 heteroatoms. The maximum absolute atomic E-state index is 11.5. The molecule has 0 saturated carbocycles. The predicted octanol–water partition coefficient (Wildman–Crippen LogP) is 4.11. The van der Waals surface area contributed by atoms with Gasteiger partial charge in [-0.3, -0.25) is 0 Å². The van der Waals surface area contributed by atoms with Gasteiger partial charge in [-0.1, -0.05) is 117 Å². The van der Waals surface area contributed by atoms with Crippen LogP contribution >= 0.6 is 0 Å². The smallest absolute Gasteiger partial charge is 0.748 e. The first-order valence-electron chi connectivity index (χ1n) is 12.5. The summed E-state index contributed by atoms with van der Waals surface area (Å²) >= 11 is 0. The van der Waals surface area contributed by atoms with Crippen LogP contribution in [-0.4, -0.2) is 29.4 Å².